The summed E-state index contributed by atoms with van der Waals surface area (Å²) in [5.41, 5.74) is 1.19. The third-order valence-corrected chi connectivity index (χ3v) is 6.41. The monoisotopic (exact) mass is 480 g/mol. The lowest BCUT2D eigenvalue weighted by atomic mass is 9.95. The number of carbonyl (C=O) groups is 2. The molecule has 1 saturated heterocycles. The summed E-state index contributed by atoms with van der Waals surface area (Å²) >= 11 is 0. The van der Waals surface area contributed by atoms with Crippen LogP contribution in [0.5, 0.6) is 17.2 Å². The smallest absolute Gasteiger partial charge is 0.295 e. The van der Waals surface area contributed by atoms with Gasteiger partial charge in [-0.1, -0.05) is 26.0 Å². The van der Waals surface area contributed by atoms with Crippen molar-refractivity contribution in [2.45, 2.75) is 26.8 Å². The average molecular weight is 481 g/mol. The number of rotatable bonds is 9. The second-order valence-electron chi connectivity index (χ2n) is 8.38. The molecule has 0 bridgehead atoms. The Morgan fingerprint density at radius 2 is 1.71 bits per heavy atom. The summed E-state index contributed by atoms with van der Waals surface area (Å²) in [4.78, 5) is 30.2. The van der Waals surface area contributed by atoms with E-state index < -0.39 is 17.7 Å². The van der Waals surface area contributed by atoms with Crippen LogP contribution in [0, 0.1) is 0 Å². The summed E-state index contributed by atoms with van der Waals surface area (Å²) in [6.07, 6.45) is 0. The maximum atomic E-state index is 13.3. The van der Waals surface area contributed by atoms with Crippen molar-refractivity contribution in [3.8, 4) is 17.2 Å². The molecule has 8 nitrogen and oxygen atoms in total. The zero-order valence-electron chi connectivity index (χ0n) is 20.5. The lowest BCUT2D eigenvalue weighted by molar-refractivity contribution is -0.140. The fourth-order valence-corrected chi connectivity index (χ4v) is 4.51. The molecule has 2 aliphatic rings. The minimum absolute atomic E-state index is 0.0652. The number of likely N-dealkylation sites (N-methyl/N-ethyl adjacent to an activating group) is 1. The molecule has 35 heavy (non-hydrogen) atoms. The molecule has 1 amide bonds. The number of likely N-dealkylation sites (tertiary alicyclic amines) is 1. The molecule has 1 atom stereocenters. The average Bonchev–Trinajstić information content (AvgIpc) is 3.14. The molecule has 2 aliphatic heterocycles. The number of benzene rings is 2. The summed E-state index contributed by atoms with van der Waals surface area (Å²) in [5.74, 6) is 0.225. The molecular weight excluding hydrogens is 448 g/mol. The molecule has 8 heteroatoms. The minimum atomic E-state index is -0.713. The Bertz CT molecular complexity index is 1110. The fraction of sp³-hybridized carbons (Fsp3) is 0.407. The molecule has 1 fully saturated rings. The third-order valence-electron chi connectivity index (χ3n) is 6.41. The Hall–Kier alpha value is -3.52. The van der Waals surface area contributed by atoms with Gasteiger partial charge in [0.1, 0.15) is 24.7 Å². The second kappa shape index (κ2) is 10.8. The molecule has 0 radical (unpaired) electrons. The molecule has 186 valence electrons. The summed E-state index contributed by atoms with van der Waals surface area (Å²) in [6, 6.07) is 11.6. The maximum absolute atomic E-state index is 13.3. The molecule has 1 N–H and O–H groups in total. The van der Waals surface area contributed by atoms with Gasteiger partial charge in [-0.05, 0) is 55.9 Å². The van der Waals surface area contributed by atoms with Crippen LogP contribution in [-0.2, 0) is 9.59 Å². The predicted octanol–water partition coefficient (Wildman–Crippen LogP) is 3.62. The number of aliphatic hydroxyl groups is 1. The summed E-state index contributed by atoms with van der Waals surface area (Å²) < 4.78 is 16.8. The first-order valence-electron chi connectivity index (χ1n) is 12.1. The van der Waals surface area contributed by atoms with E-state index in [2.05, 4.69) is 18.7 Å². The first-order chi connectivity index (χ1) is 17.0. The van der Waals surface area contributed by atoms with Gasteiger partial charge in [0.2, 0.25) is 0 Å². The SMILES string of the molecule is CCOc1ccc([C@H]2C(=C(O)c3ccc4c(c3)OCCO4)C(=O)C(=O)N2CCN(CC)CC)cc1. The van der Waals surface area contributed by atoms with Crippen molar-refractivity contribution < 1.29 is 28.9 Å². The number of hydrogen-bond acceptors (Lipinski definition) is 7. The van der Waals surface area contributed by atoms with Crippen molar-refractivity contribution >= 4 is 17.4 Å². The number of carbonyl (C=O) groups excluding carboxylic acids is 2. The molecule has 0 aromatic heterocycles. The van der Waals surface area contributed by atoms with Crippen molar-refractivity contribution in [1.29, 1.82) is 0 Å². The van der Waals surface area contributed by atoms with E-state index in [-0.39, 0.29) is 11.3 Å². The van der Waals surface area contributed by atoms with Crippen LogP contribution in [0.1, 0.15) is 37.9 Å². The normalized spacial score (nSPS) is 18.9. The molecule has 0 unspecified atom stereocenters. The van der Waals surface area contributed by atoms with Gasteiger partial charge in [-0.3, -0.25) is 9.59 Å². The topological polar surface area (TPSA) is 88.5 Å². The van der Waals surface area contributed by atoms with E-state index in [4.69, 9.17) is 14.2 Å². The maximum Gasteiger partial charge on any atom is 0.295 e. The van der Waals surface area contributed by atoms with E-state index >= 15 is 0 Å². The van der Waals surface area contributed by atoms with Crippen LogP contribution in [0.15, 0.2) is 48.0 Å². The van der Waals surface area contributed by atoms with Crippen molar-refractivity contribution in [3.63, 3.8) is 0 Å². The van der Waals surface area contributed by atoms with E-state index in [0.29, 0.717) is 55.7 Å². The number of amides is 1. The first-order valence-corrected chi connectivity index (χ1v) is 12.1. The Labute approximate surface area is 205 Å². The molecule has 0 aliphatic carbocycles. The highest BCUT2D eigenvalue weighted by Crippen LogP contribution is 2.41. The van der Waals surface area contributed by atoms with Gasteiger partial charge in [0.15, 0.2) is 11.5 Å². The zero-order chi connectivity index (χ0) is 24.9. The Kier molecular flexibility index (Phi) is 7.60. The number of ketones is 1. The second-order valence-corrected chi connectivity index (χ2v) is 8.38. The van der Waals surface area contributed by atoms with Crippen molar-refractivity contribution in [3.05, 3.63) is 59.2 Å². The number of ether oxygens (including phenoxy) is 3. The molecule has 0 saturated carbocycles. The van der Waals surface area contributed by atoms with Gasteiger partial charge >= 0.3 is 0 Å². The van der Waals surface area contributed by atoms with Crippen molar-refractivity contribution in [2.24, 2.45) is 0 Å². The molecule has 2 heterocycles. The van der Waals surface area contributed by atoms with Crippen LogP contribution in [0.2, 0.25) is 0 Å². The highest BCUT2D eigenvalue weighted by molar-refractivity contribution is 6.46. The predicted molar refractivity (Wildman–Crippen MR) is 132 cm³/mol. The van der Waals surface area contributed by atoms with Crippen LogP contribution in [0.4, 0.5) is 0 Å². The fourth-order valence-electron chi connectivity index (χ4n) is 4.51. The van der Waals surface area contributed by atoms with Gasteiger partial charge in [-0.2, -0.15) is 0 Å². The molecular formula is C27H32N2O6. The van der Waals surface area contributed by atoms with E-state index in [1.165, 1.54) is 0 Å². The Morgan fingerprint density at radius 1 is 1.03 bits per heavy atom. The Morgan fingerprint density at radius 3 is 2.37 bits per heavy atom. The number of nitrogens with zero attached hydrogens (tertiary/aromatic N) is 2. The Balaban J connectivity index is 1.77. The molecule has 0 spiro atoms. The van der Waals surface area contributed by atoms with Gasteiger partial charge in [-0.15, -0.1) is 0 Å². The third kappa shape index (κ3) is 4.98. The van der Waals surface area contributed by atoms with E-state index in [0.717, 1.165) is 18.7 Å². The number of hydrogen-bond donors (Lipinski definition) is 1. The van der Waals surface area contributed by atoms with Gasteiger partial charge in [0.05, 0.1) is 18.2 Å². The molecule has 4 rings (SSSR count). The highest BCUT2D eigenvalue weighted by Gasteiger charge is 2.46. The lowest BCUT2D eigenvalue weighted by Gasteiger charge is -2.28. The van der Waals surface area contributed by atoms with Crippen molar-refractivity contribution in [1.82, 2.24) is 9.80 Å². The van der Waals surface area contributed by atoms with E-state index in [9.17, 15) is 14.7 Å². The van der Waals surface area contributed by atoms with Gasteiger partial charge in [0, 0.05) is 18.7 Å². The van der Waals surface area contributed by atoms with E-state index in [1.807, 2.05) is 31.2 Å². The molecule has 2 aromatic rings. The van der Waals surface area contributed by atoms with E-state index in [1.54, 1.807) is 23.1 Å². The van der Waals surface area contributed by atoms with Crippen LogP contribution in [-0.4, -0.2) is 72.6 Å². The zero-order valence-corrected chi connectivity index (χ0v) is 20.5. The largest absolute Gasteiger partial charge is 0.507 e. The quantitative estimate of drug-likeness (QED) is 0.333. The van der Waals surface area contributed by atoms with Crippen LogP contribution < -0.4 is 14.2 Å². The number of Topliss-reactive ketones (excluding diaryl/α,β-unsaturated/α-hetero) is 1. The van der Waals surface area contributed by atoms with Gasteiger partial charge < -0.3 is 29.1 Å². The summed E-state index contributed by atoms with van der Waals surface area (Å²) in [5, 5.41) is 11.3. The summed E-state index contributed by atoms with van der Waals surface area (Å²) in [7, 11) is 0. The standard InChI is InChI=1S/C27H32N2O6/c1-4-28(5-2)13-14-29-24(18-7-10-20(11-8-18)33-6-3)23(26(31)27(29)32)25(30)19-9-12-21-22(17-19)35-16-15-34-21/h7-12,17,24,30H,4-6,13-16H2,1-3H3/t24-/m0/s1. The van der Waals surface area contributed by atoms with Crippen LogP contribution >= 0.6 is 0 Å². The lowest BCUT2D eigenvalue weighted by Crippen LogP contribution is -2.38. The van der Waals surface area contributed by atoms with Crippen LogP contribution in [0.3, 0.4) is 0 Å². The van der Waals surface area contributed by atoms with Gasteiger partial charge in [-0.25, -0.2) is 0 Å². The van der Waals surface area contributed by atoms with Crippen LogP contribution in [0.25, 0.3) is 5.76 Å². The highest BCUT2D eigenvalue weighted by atomic mass is 16.6. The van der Waals surface area contributed by atoms with Crippen molar-refractivity contribution in [2.75, 3.05) is 46.0 Å². The molecule has 2 aromatic carbocycles. The summed E-state index contributed by atoms with van der Waals surface area (Å²) in [6.45, 7) is 10.1. The number of fused-ring (bicyclic) bond motifs is 1. The number of aliphatic hydroxyl groups excluding tert-OH is 1. The minimum Gasteiger partial charge on any atom is -0.507 e. The van der Waals surface area contributed by atoms with Gasteiger partial charge in [0.25, 0.3) is 11.7 Å². The first kappa shape index (κ1) is 24.6.